The maximum Gasteiger partial charge on any atom is 0.326 e. The molecule has 0 spiro atoms. The second kappa shape index (κ2) is 5.80. The molecule has 1 aliphatic carbocycles. The molecule has 2 N–H and O–H groups in total. The number of carbonyl (C=O) groups excluding carboxylic acids is 1. The molecule has 1 atom stereocenters. The minimum Gasteiger partial charge on any atom is -0.480 e. The third kappa shape index (κ3) is 3.01. The summed E-state index contributed by atoms with van der Waals surface area (Å²) in [5.41, 5.74) is -0.0769. The van der Waals surface area contributed by atoms with Gasteiger partial charge < -0.3 is 15.3 Å². The summed E-state index contributed by atoms with van der Waals surface area (Å²) >= 11 is 0. The lowest BCUT2D eigenvalue weighted by Crippen LogP contribution is -2.59. The van der Waals surface area contributed by atoms with E-state index >= 15 is 0 Å². The third-order valence-corrected chi connectivity index (χ3v) is 4.66. The monoisotopic (exact) mass is 268 g/mol. The fourth-order valence-electron chi connectivity index (χ4n) is 3.08. The van der Waals surface area contributed by atoms with Crippen molar-refractivity contribution in [3.8, 4) is 0 Å². The van der Waals surface area contributed by atoms with Gasteiger partial charge in [0.1, 0.15) is 6.04 Å². The normalized spacial score (nSPS) is 26.2. The van der Waals surface area contributed by atoms with Gasteiger partial charge in [0.25, 0.3) is 0 Å². The van der Waals surface area contributed by atoms with Crippen molar-refractivity contribution in [1.82, 2.24) is 10.2 Å². The summed E-state index contributed by atoms with van der Waals surface area (Å²) in [6.07, 6.45) is 7.47. The number of likely N-dealkylation sites (tertiary alicyclic amines) is 1. The highest BCUT2D eigenvalue weighted by molar-refractivity contribution is 5.83. The molecule has 0 radical (unpaired) electrons. The second-order valence-electron chi connectivity index (χ2n) is 5.81. The lowest BCUT2D eigenvalue weighted by atomic mass is 9.75. The molecule has 0 aromatic carbocycles. The van der Waals surface area contributed by atoms with Crippen LogP contribution in [0.4, 0.5) is 4.79 Å². The molecule has 1 unspecified atom stereocenters. The van der Waals surface area contributed by atoms with Crippen LogP contribution in [0, 0.1) is 0 Å². The molecule has 5 nitrogen and oxygen atoms in total. The van der Waals surface area contributed by atoms with Crippen molar-refractivity contribution in [2.75, 3.05) is 6.54 Å². The van der Waals surface area contributed by atoms with Crippen LogP contribution in [-0.2, 0) is 4.79 Å². The van der Waals surface area contributed by atoms with Crippen molar-refractivity contribution in [3.63, 3.8) is 0 Å². The van der Waals surface area contributed by atoms with E-state index in [2.05, 4.69) is 12.2 Å². The first-order chi connectivity index (χ1) is 9.08. The average molecular weight is 268 g/mol. The molecule has 2 aliphatic rings. The number of carboxylic acids is 1. The number of urea groups is 1. The van der Waals surface area contributed by atoms with Crippen molar-refractivity contribution in [2.24, 2.45) is 0 Å². The summed E-state index contributed by atoms with van der Waals surface area (Å²) in [7, 11) is 0. The molecule has 5 heteroatoms. The number of nitrogens with one attached hydrogen (secondary N) is 1. The highest BCUT2D eigenvalue weighted by Gasteiger charge is 2.39. The van der Waals surface area contributed by atoms with Gasteiger partial charge in [-0.3, -0.25) is 0 Å². The Labute approximate surface area is 114 Å². The van der Waals surface area contributed by atoms with Crippen LogP contribution in [-0.4, -0.2) is 40.1 Å². The first kappa shape index (κ1) is 14.2. The summed E-state index contributed by atoms with van der Waals surface area (Å²) in [5, 5.41) is 12.4. The van der Waals surface area contributed by atoms with Crippen molar-refractivity contribution in [3.05, 3.63) is 0 Å². The van der Waals surface area contributed by atoms with Crippen LogP contribution >= 0.6 is 0 Å². The lowest BCUT2D eigenvalue weighted by Gasteiger charge is -2.43. The number of carboxylic acid groups (broad SMARTS) is 1. The van der Waals surface area contributed by atoms with Crippen LogP contribution < -0.4 is 5.32 Å². The van der Waals surface area contributed by atoms with Crippen LogP contribution in [0.25, 0.3) is 0 Å². The van der Waals surface area contributed by atoms with Gasteiger partial charge in [0.2, 0.25) is 0 Å². The third-order valence-electron chi connectivity index (χ3n) is 4.66. The van der Waals surface area contributed by atoms with Crippen molar-refractivity contribution >= 4 is 12.0 Å². The van der Waals surface area contributed by atoms with Crippen LogP contribution in [0.2, 0.25) is 0 Å². The molecule has 1 heterocycles. The van der Waals surface area contributed by atoms with Gasteiger partial charge in [-0.25, -0.2) is 9.59 Å². The van der Waals surface area contributed by atoms with Crippen LogP contribution in [0.1, 0.15) is 58.3 Å². The fourth-order valence-corrected chi connectivity index (χ4v) is 3.08. The van der Waals surface area contributed by atoms with Crippen molar-refractivity contribution in [1.29, 1.82) is 0 Å². The summed E-state index contributed by atoms with van der Waals surface area (Å²) in [6.45, 7) is 2.64. The van der Waals surface area contributed by atoms with E-state index in [4.69, 9.17) is 0 Å². The Balaban J connectivity index is 2.04. The fraction of sp³-hybridized carbons (Fsp3) is 0.857. The summed E-state index contributed by atoms with van der Waals surface area (Å²) in [4.78, 5) is 25.2. The lowest BCUT2D eigenvalue weighted by molar-refractivity contribution is -0.142. The zero-order valence-electron chi connectivity index (χ0n) is 11.7. The highest BCUT2D eigenvalue weighted by Crippen LogP contribution is 2.35. The van der Waals surface area contributed by atoms with Crippen molar-refractivity contribution < 1.29 is 14.7 Å². The predicted octanol–water partition coefficient (Wildman–Crippen LogP) is 2.36. The van der Waals surface area contributed by atoms with E-state index < -0.39 is 12.0 Å². The number of hydrogen-bond acceptors (Lipinski definition) is 2. The summed E-state index contributed by atoms with van der Waals surface area (Å²) < 4.78 is 0. The van der Waals surface area contributed by atoms with Crippen LogP contribution in [0.5, 0.6) is 0 Å². The summed E-state index contributed by atoms with van der Waals surface area (Å²) in [6, 6.07) is -0.840. The number of hydrogen-bond donors (Lipinski definition) is 2. The zero-order valence-corrected chi connectivity index (χ0v) is 11.7. The van der Waals surface area contributed by atoms with Gasteiger partial charge in [-0.2, -0.15) is 0 Å². The van der Waals surface area contributed by atoms with E-state index in [1.54, 1.807) is 0 Å². The Morgan fingerprint density at radius 3 is 2.53 bits per heavy atom. The first-order valence-corrected chi connectivity index (χ1v) is 7.39. The number of amides is 2. The molecule has 2 amide bonds. The SMILES string of the molecule is CCC1(NC(=O)N2CCCCCC2C(=O)O)CCC1. The summed E-state index contributed by atoms with van der Waals surface area (Å²) in [5.74, 6) is -0.879. The Morgan fingerprint density at radius 2 is 2.00 bits per heavy atom. The molecule has 2 rings (SSSR count). The average Bonchev–Trinajstić information content (AvgIpc) is 2.59. The maximum atomic E-state index is 12.4. The van der Waals surface area contributed by atoms with Gasteiger partial charge in [0.05, 0.1) is 0 Å². The van der Waals surface area contributed by atoms with E-state index in [0.717, 1.165) is 44.9 Å². The largest absolute Gasteiger partial charge is 0.480 e. The number of aliphatic carboxylic acids is 1. The van der Waals surface area contributed by atoms with E-state index in [9.17, 15) is 14.7 Å². The second-order valence-corrected chi connectivity index (χ2v) is 5.81. The van der Waals surface area contributed by atoms with Crippen LogP contribution in [0.15, 0.2) is 0 Å². The Morgan fingerprint density at radius 1 is 1.26 bits per heavy atom. The van der Waals surface area contributed by atoms with Gasteiger partial charge in [-0.05, 0) is 38.5 Å². The maximum absolute atomic E-state index is 12.4. The molecule has 108 valence electrons. The predicted molar refractivity (Wildman–Crippen MR) is 72.0 cm³/mol. The smallest absolute Gasteiger partial charge is 0.326 e. The van der Waals surface area contributed by atoms with Gasteiger partial charge in [0, 0.05) is 12.1 Å². The van der Waals surface area contributed by atoms with Crippen molar-refractivity contribution in [2.45, 2.75) is 69.9 Å². The van der Waals surface area contributed by atoms with Gasteiger partial charge >= 0.3 is 12.0 Å². The molecule has 1 saturated heterocycles. The highest BCUT2D eigenvalue weighted by atomic mass is 16.4. The van der Waals surface area contributed by atoms with E-state index in [1.165, 1.54) is 4.90 Å². The molecular formula is C14H24N2O3. The Kier molecular flexibility index (Phi) is 4.32. The van der Waals surface area contributed by atoms with Gasteiger partial charge in [-0.15, -0.1) is 0 Å². The number of carbonyl (C=O) groups is 2. The Bertz CT molecular complexity index is 347. The standard InChI is InChI=1S/C14H24N2O3/c1-2-14(8-6-9-14)15-13(19)16-10-5-3-4-7-11(16)12(17)18/h11H,2-10H2,1H3,(H,15,19)(H,17,18). The van der Waals surface area contributed by atoms with E-state index in [0.29, 0.717) is 13.0 Å². The molecule has 0 aromatic rings. The van der Waals surface area contributed by atoms with E-state index in [-0.39, 0.29) is 11.6 Å². The molecule has 1 saturated carbocycles. The minimum absolute atomic E-state index is 0.0769. The number of nitrogens with zero attached hydrogens (tertiary/aromatic N) is 1. The Hall–Kier alpha value is -1.26. The molecule has 19 heavy (non-hydrogen) atoms. The first-order valence-electron chi connectivity index (χ1n) is 7.39. The number of rotatable bonds is 3. The van der Waals surface area contributed by atoms with Gasteiger partial charge in [-0.1, -0.05) is 19.8 Å². The molecule has 1 aliphatic heterocycles. The molecular weight excluding hydrogens is 244 g/mol. The minimum atomic E-state index is -0.879. The van der Waals surface area contributed by atoms with Crippen LogP contribution in [0.3, 0.4) is 0 Å². The molecule has 0 aromatic heterocycles. The topological polar surface area (TPSA) is 69.6 Å². The van der Waals surface area contributed by atoms with Gasteiger partial charge in [0.15, 0.2) is 0 Å². The van der Waals surface area contributed by atoms with E-state index in [1.807, 2.05) is 0 Å². The molecule has 0 bridgehead atoms. The molecule has 2 fully saturated rings. The quantitative estimate of drug-likeness (QED) is 0.825. The zero-order chi connectivity index (χ0) is 13.9.